The van der Waals surface area contributed by atoms with Crippen LogP contribution in [-0.4, -0.2) is 142 Å². The first-order chi connectivity index (χ1) is 33.0. The summed E-state index contributed by atoms with van der Waals surface area (Å²) >= 11 is 0. The molecule has 7 N–H and O–H groups in total. The fraction of sp³-hybridized carbons (Fsp3) is 0.774. The number of unbranched alkanes of at least 4 members (excludes halogenated alkanes) is 18. The van der Waals surface area contributed by atoms with Gasteiger partial charge in [0, 0.05) is 12.5 Å². The Balaban J connectivity index is 1.87. The first-order valence-electron chi connectivity index (χ1n) is 25.9. The molecule has 68 heavy (non-hydrogen) atoms. The predicted molar refractivity (Wildman–Crippen MR) is 261 cm³/mol. The highest BCUT2D eigenvalue weighted by Crippen LogP contribution is 2.26. The lowest BCUT2D eigenvalue weighted by Gasteiger charge is -2.42. The molecule has 0 amide bonds. The fourth-order valence-corrected chi connectivity index (χ4v) is 7.79. The summed E-state index contributed by atoms with van der Waals surface area (Å²) in [5, 5.41) is 72.0. The molecular weight excluding hydrogens is 877 g/mol. The monoisotopic (exact) mass is 967 g/mol. The number of ether oxygens (including phenoxy) is 6. The standard InChI is InChI=1S/C53H90O15/c1-3-5-7-9-11-13-15-17-19-20-22-24-26-28-30-32-34-36-45(56)66-41(38-63-44(55)35-33-31-29-27-25-23-21-18-16-14-12-10-8-6-4-2)39-64-52-51(62)49(60)47(58)43(68-52)40-65-53-50(61)48(59)46(57)42(37-54)67-53/h17,19,22,24,28-31,33,35,41-43,46-54,57-62H,3-16,18,20-21,23,25-27,32,34,36-40H2,1-2H3/b19-17+,24-22+,30-28+,31-29+,35-33+/t41-,42+,43+,46-,47-,48?,49?,50?,51?,52+,53+/m1/s1. The molecule has 0 bridgehead atoms. The van der Waals surface area contributed by atoms with Crippen LogP contribution in [0, 0.1) is 0 Å². The highest BCUT2D eigenvalue weighted by atomic mass is 16.7. The normalized spacial score (nSPS) is 26.2. The van der Waals surface area contributed by atoms with E-state index in [1.807, 2.05) is 18.2 Å². The Bertz CT molecular complexity index is 1420. The van der Waals surface area contributed by atoms with Crippen LogP contribution in [0.15, 0.2) is 60.8 Å². The zero-order valence-electron chi connectivity index (χ0n) is 41.3. The van der Waals surface area contributed by atoms with Crippen molar-refractivity contribution in [3.05, 3.63) is 60.8 Å². The number of hydrogen-bond acceptors (Lipinski definition) is 15. The average molecular weight is 967 g/mol. The summed E-state index contributed by atoms with van der Waals surface area (Å²) in [6, 6.07) is 0. The van der Waals surface area contributed by atoms with E-state index in [0.717, 1.165) is 32.1 Å². The largest absolute Gasteiger partial charge is 0.458 e. The van der Waals surface area contributed by atoms with Crippen molar-refractivity contribution in [2.45, 2.75) is 235 Å². The van der Waals surface area contributed by atoms with Crippen LogP contribution in [0.4, 0.5) is 0 Å². The SMILES string of the molecule is CCCCCCCC/C=C/C/C=C/C/C=C/CCCC(=O)O[C@H](COC(=O)/C=C/C=C/CCCCCCCCCCCCC)CO[C@H]1O[C@@H](CO[C@H]2O[C@@H](CO)[C@@H](O)C(O)C2O)[C@@H](O)C(O)C1O. The number of rotatable bonds is 39. The molecule has 4 unspecified atom stereocenters. The van der Waals surface area contributed by atoms with Crippen LogP contribution in [0.2, 0.25) is 0 Å². The van der Waals surface area contributed by atoms with Gasteiger partial charge in [-0.2, -0.15) is 0 Å². The fourth-order valence-electron chi connectivity index (χ4n) is 7.79. The summed E-state index contributed by atoms with van der Waals surface area (Å²) in [5.41, 5.74) is 0. The van der Waals surface area contributed by atoms with Gasteiger partial charge in [0.2, 0.25) is 0 Å². The summed E-state index contributed by atoms with van der Waals surface area (Å²) in [4.78, 5) is 25.6. The molecule has 0 aliphatic carbocycles. The van der Waals surface area contributed by atoms with Crippen molar-refractivity contribution < 1.29 is 73.8 Å². The summed E-state index contributed by atoms with van der Waals surface area (Å²) in [7, 11) is 0. The van der Waals surface area contributed by atoms with E-state index in [4.69, 9.17) is 28.4 Å². The van der Waals surface area contributed by atoms with Crippen LogP contribution in [0.3, 0.4) is 0 Å². The van der Waals surface area contributed by atoms with Crippen LogP contribution < -0.4 is 0 Å². The highest BCUT2D eigenvalue weighted by Gasteiger charge is 2.47. The number of aliphatic hydroxyl groups is 7. The molecule has 2 saturated heterocycles. The Kier molecular flexibility index (Phi) is 36.0. The number of esters is 2. The van der Waals surface area contributed by atoms with E-state index >= 15 is 0 Å². The molecule has 2 fully saturated rings. The maximum Gasteiger partial charge on any atom is 0.330 e. The van der Waals surface area contributed by atoms with Crippen LogP contribution in [-0.2, 0) is 38.0 Å². The molecule has 11 atom stereocenters. The lowest BCUT2D eigenvalue weighted by atomic mass is 9.98. The van der Waals surface area contributed by atoms with E-state index in [-0.39, 0.29) is 6.42 Å². The molecule has 0 spiro atoms. The van der Waals surface area contributed by atoms with Gasteiger partial charge >= 0.3 is 11.9 Å². The minimum absolute atomic E-state index is 0.0721. The zero-order chi connectivity index (χ0) is 49.6. The molecule has 0 aromatic heterocycles. The van der Waals surface area contributed by atoms with Crippen LogP contribution in [0.1, 0.15) is 168 Å². The Morgan fingerprint density at radius 2 is 0.985 bits per heavy atom. The molecule has 0 aromatic rings. The van der Waals surface area contributed by atoms with Crippen molar-refractivity contribution in [1.82, 2.24) is 0 Å². The Morgan fingerprint density at radius 1 is 0.515 bits per heavy atom. The van der Waals surface area contributed by atoms with E-state index in [2.05, 4.69) is 38.2 Å². The molecule has 2 aliphatic rings. The molecule has 2 rings (SSSR count). The minimum atomic E-state index is -1.79. The number of aliphatic hydroxyl groups excluding tert-OH is 7. The maximum atomic E-state index is 13.0. The van der Waals surface area contributed by atoms with Crippen molar-refractivity contribution >= 4 is 11.9 Å². The third kappa shape index (κ3) is 27.6. The lowest BCUT2D eigenvalue weighted by molar-refractivity contribution is -0.332. The van der Waals surface area contributed by atoms with Gasteiger partial charge in [0.05, 0.1) is 19.8 Å². The summed E-state index contributed by atoms with van der Waals surface area (Å²) < 4.78 is 33.3. The van der Waals surface area contributed by atoms with Crippen molar-refractivity contribution in [3.63, 3.8) is 0 Å². The second-order valence-corrected chi connectivity index (χ2v) is 18.1. The van der Waals surface area contributed by atoms with Gasteiger partial charge in [0.15, 0.2) is 18.7 Å². The van der Waals surface area contributed by atoms with Gasteiger partial charge < -0.3 is 64.2 Å². The third-order valence-corrected chi connectivity index (χ3v) is 12.1. The molecule has 0 aromatic carbocycles. The predicted octanol–water partition coefficient (Wildman–Crippen LogP) is 7.27. The van der Waals surface area contributed by atoms with E-state index < -0.39 is 106 Å². The smallest absolute Gasteiger partial charge is 0.330 e. The minimum Gasteiger partial charge on any atom is -0.458 e. The Labute approximate surface area is 407 Å². The molecule has 15 nitrogen and oxygen atoms in total. The van der Waals surface area contributed by atoms with Crippen molar-refractivity contribution in [2.24, 2.45) is 0 Å². The Hall–Kier alpha value is -2.80. The quantitative estimate of drug-likeness (QED) is 0.0106. The van der Waals surface area contributed by atoms with E-state index in [1.165, 1.54) is 109 Å². The number of carbonyl (C=O) groups excluding carboxylic acids is 2. The zero-order valence-corrected chi connectivity index (χ0v) is 41.3. The van der Waals surface area contributed by atoms with Crippen molar-refractivity contribution in [2.75, 3.05) is 26.4 Å². The maximum absolute atomic E-state index is 13.0. The summed E-state index contributed by atoms with van der Waals surface area (Å²) in [5.74, 6) is -1.24. The van der Waals surface area contributed by atoms with Crippen LogP contribution in [0.5, 0.6) is 0 Å². The third-order valence-electron chi connectivity index (χ3n) is 12.1. The lowest BCUT2D eigenvalue weighted by Crippen LogP contribution is -2.61. The second kappa shape index (κ2) is 39.9. The van der Waals surface area contributed by atoms with Crippen molar-refractivity contribution in [1.29, 1.82) is 0 Å². The summed E-state index contributed by atoms with van der Waals surface area (Å²) in [6.07, 6.45) is 28.9. The second-order valence-electron chi connectivity index (χ2n) is 18.1. The number of hydrogen-bond donors (Lipinski definition) is 7. The van der Waals surface area contributed by atoms with Gasteiger partial charge in [0.25, 0.3) is 0 Å². The molecule has 15 heteroatoms. The van der Waals surface area contributed by atoms with Gasteiger partial charge in [-0.1, -0.05) is 165 Å². The first kappa shape index (κ1) is 61.3. The van der Waals surface area contributed by atoms with Crippen LogP contribution in [0.25, 0.3) is 0 Å². The van der Waals surface area contributed by atoms with Gasteiger partial charge in [0.1, 0.15) is 55.4 Å². The molecule has 2 heterocycles. The van der Waals surface area contributed by atoms with Gasteiger partial charge in [-0.25, -0.2) is 4.79 Å². The van der Waals surface area contributed by atoms with Gasteiger partial charge in [-0.15, -0.1) is 0 Å². The summed E-state index contributed by atoms with van der Waals surface area (Å²) in [6.45, 7) is 2.40. The molecule has 392 valence electrons. The molecule has 0 saturated carbocycles. The molecule has 0 radical (unpaired) electrons. The van der Waals surface area contributed by atoms with Gasteiger partial charge in [-0.05, 0) is 51.4 Å². The molecule has 2 aliphatic heterocycles. The first-order valence-corrected chi connectivity index (χ1v) is 25.9. The number of allylic oxidation sites excluding steroid dienone is 9. The van der Waals surface area contributed by atoms with E-state index in [0.29, 0.717) is 12.8 Å². The average Bonchev–Trinajstić information content (AvgIpc) is 3.33. The van der Waals surface area contributed by atoms with Crippen molar-refractivity contribution in [3.8, 4) is 0 Å². The van der Waals surface area contributed by atoms with Gasteiger partial charge in [-0.3, -0.25) is 4.79 Å². The molecular formula is C53H90O15. The van der Waals surface area contributed by atoms with E-state index in [1.54, 1.807) is 12.2 Å². The van der Waals surface area contributed by atoms with E-state index in [9.17, 15) is 45.3 Å². The Morgan fingerprint density at radius 3 is 1.54 bits per heavy atom. The number of carbonyl (C=O) groups is 2. The highest BCUT2D eigenvalue weighted by molar-refractivity contribution is 5.82. The van der Waals surface area contributed by atoms with Crippen LogP contribution >= 0.6 is 0 Å². The topological polar surface area (TPSA) is 231 Å².